The summed E-state index contributed by atoms with van der Waals surface area (Å²) >= 11 is 0. The first-order valence-corrected chi connectivity index (χ1v) is 7.29. The van der Waals surface area contributed by atoms with Gasteiger partial charge in [0.25, 0.3) is 0 Å². The lowest BCUT2D eigenvalue weighted by Crippen LogP contribution is -2.25. The zero-order valence-electron chi connectivity index (χ0n) is 9.69. The molecule has 0 heterocycles. The molecule has 0 radical (unpaired) electrons. The molecule has 0 unspecified atom stereocenters. The van der Waals surface area contributed by atoms with Crippen LogP contribution in [0.15, 0.2) is 18.2 Å². The van der Waals surface area contributed by atoms with E-state index in [1.807, 2.05) is 0 Å². The highest BCUT2D eigenvalue weighted by Crippen LogP contribution is 2.26. The SMILES string of the molecule is N#Cc1cc(NS(=O)(=O)C2CCCC2)ccc1F. The molecule has 1 aliphatic carbocycles. The zero-order valence-corrected chi connectivity index (χ0v) is 10.5. The molecule has 0 aliphatic heterocycles. The van der Waals surface area contributed by atoms with Crippen LogP contribution in [0.25, 0.3) is 0 Å². The van der Waals surface area contributed by atoms with Crippen LogP contribution >= 0.6 is 0 Å². The van der Waals surface area contributed by atoms with Crippen LogP contribution in [0.2, 0.25) is 0 Å². The van der Waals surface area contributed by atoms with Crippen LogP contribution in [-0.2, 0) is 10.0 Å². The Morgan fingerprint density at radius 2 is 2.00 bits per heavy atom. The number of nitriles is 1. The Morgan fingerprint density at radius 1 is 1.33 bits per heavy atom. The predicted octanol–water partition coefficient (Wildman–Crippen LogP) is 2.38. The van der Waals surface area contributed by atoms with Crippen LogP contribution in [0.4, 0.5) is 10.1 Å². The fraction of sp³-hybridized carbons (Fsp3) is 0.417. The molecule has 1 fully saturated rings. The van der Waals surface area contributed by atoms with Crippen LogP contribution in [-0.4, -0.2) is 13.7 Å². The molecule has 96 valence electrons. The number of sulfonamides is 1. The molecule has 1 saturated carbocycles. The van der Waals surface area contributed by atoms with Crippen molar-refractivity contribution in [2.45, 2.75) is 30.9 Å². The summed E-state index contributed by atoms with van der Waals surface area (Å²) < 4.78 is 39.5. The van der Waals surface area contributed by atoms with E-state index < -0.39 is 15.8 Å². The molecule has 0 aromatic heterocycles. The number of rotatable bonds is 3. The first-order chi connectivity index (χ1) is 8.53. The summed E-state index contributed by atoms with van der Waals surface area (Å²) in [7, 11) is -3.43. The van der Waals surface area contributed by atoms with Crippen LogP contribution < -0.4 is 4.72 Å². The van der Waals surface area contributed by atoms with E-state index in [-0.39, 0.29) is 16.5 Å². The summed E-state index contributed by atoms with van der Waals surface area (Å²) in [5, 5.41) is 8.30. The maximum Gasteiger partial charge on any atom is 0.235 e. The van der Waals surface area contributed by atoms with E-state index in [4.69, 9.17) is 5.26 Å². The van der Waals surface area contributed by atoms with Crippen LogP contribution in [0.3, 0.4) is 0 Å². The smallest absolute Gasteiger partial charge is 0.235 e. The molecular weight excluding hydrogens is 255 g/mol. The second-order valence-corrected chi connectivity index (χ2v) is 6.32. The number of nitrogens with zero attached hydrogens (tertiary/aromatic N) is 1. The molecule has 0 saturated heterocycles. The molecular formula is C12H13FN2O2S. The molecule has 0 bridgehead atoms. The van der Waals surface area contributed by atoms with Crippen molar-refractivity contribution in [2.24, 2.45) is 0 Å². The Bertz CT molecular complexity index is 587. The number of hydrogen-bond acceptors (Lipinski definition) is 3. The van der Waals surface area contributed by atoms with Crippen molar-refractivity contribution in [2.75, 3.05) is 4.72 Å². The van der Waals surface area contributed by atoms with Gasteiger partial charge in [-0.25, -0.2) is 12.8 Å². The van der Waals surface area contributed by atoms with E-state index in [0.717, 1.165) is 18.9 Å². The summed E-state index contributed by atoms with van der Waals surface area (Å²) in [4.78, 5) is 0. The van der Waals surface area contributed by atoms with Crippen molar-refractivity contribution in [1.29, 1.82) is 5.26 Å². The molecule has 1 N–H and O–H groups in total. The van der Waals surface area contributed by atoms with E-state index in [1.54, 1.807) is 6.07 Å². The number of hydrogen-bond donors (Lipinski definition) is 1. The first kappa shape index (κ1) is 12.8. The summed E-state index contributed by atoms with van der Waals surface area (Å²) in [5.41, 5.74) is 0.0708. The van der Waals surface area contributed by atoms with E-state index in [0.29, 0.717) is 12.8 Å². The van der Waals surface area contributed by atoms with Gasteiger partial charge in [0.05, 0.1) is 10.8 Å². The van der Waals surface area contributed by atoms with Crippen LogP contribution in [0, 0.1) is 17.1 Å². The van der Waals surface area contributed by atoms with Gasteiger partial charge in [0.1, 0.15) is 11.9 Å². The van der Waals surface area contributed by atoms with Gasteiger partial charge < -0.3 is 0 Å². The van der Waals surface area contributed by atoms with Crippen molar-refractivity contribution in [1.82, 2.24) is 0 Å². The number of benzene rings is 1. The molecule has 1 aliphatic rings. The maximum absolute atomic E-state index is 13.1. The summed E-state index contributed by atoms with van der Waals surface area (Å²) in [6.07, 6.45) is 3.14. The molecule has 0 spiro atoms. The lowest BCUT2D eigenvalue weighted by molar-refractivity contribution is 0.585. The molecule has 2 rings (SSSR count). The van der Waals surface area contributed by atoms with Gasteiger partial charge in [-0.2, -0.15) is 5.26 Å². The normalized spacial score (nSPS) is 16.4. The van der Waals surface area contributed by atoms with Crippen molar-refractivity contribution in [3.05, 3.63) is 29.6 Å². The largest absolute Gasteiger partial charge is 0.283 e. The van der Waals surface area contributed by atoms with E-state index in [2.05, 4.69) is 4.72 Å². The highest BCUT2D eigenvalue weighted by Gasteiger charge is 2.28. The maximum atomic E-state index is 13.1. The second-order valence-electron chi connectivity index (χ2n) is 4.36. The highest BCUT2D eigenvalue weighted by molar-refractivity contribution is 7.93. The average molecular weight is 268 g/mol. The number of anilines is 1. The van der Waals surface area contributed by atoms with E-state index >= 15 is 0 Å². The van der Waals surface area contributed by atoms with Gasteiger partial charge in [-0.15, -0.1) is 0 Å². The van der Waals surface area contributed by atoms with Gasteiger partial charge in [-0.1, -0.05) is 12.8 Å². The van der Waals surface area contributed by atoms with Crippen molar-refractivity contribution in [3.63, 3.8) is 0 Å². The van der Waals surface area contributed by atoms with E-state index in [1.165, 1.54) is 12.1 Å². The molecule has 0 atom stereocenters. The second kappa shape index (κ2) is 4.94. The molecule has 0 amide bonds. The summed E-state index contributed by atoms with van der Waals surface area (Å²) in [6, 6.07) is 5.30. The Balaban J connectivity index is 2.21. The standard InChI is InChI=1S/C12H13FN2O2S/c13-12-6-5-10(7-9(12)8-14)15-18(16,17)11-3-1-2-4-11/h5-7,11,15H,1-4H2. The summed E-state index contributed by atoms with van der Waals surface area (Å²) in [5.74, 6) is -0.652. The van der Waals surface area contributed by atoms with Gasteiger partial charge in [0.15, 0.2) is 0 Å². The molecule has 4 nitrogen and oxygen atoms in total. The molecule has 6 heteroatoms. The van der Waals surface area contributed by atoms with Gasteiger partial charge in [0.2, 0.25) is 10.0 Å². The average Bonchev–Trinajstić information content (AvgIpc) is 2.85. The van der Waals surface area contributed by atoms with Gasteiger partial charge in [-0.05, 0) is 31.0 Å². The summed E-state index contributed by atoms with van der Waals surface area (Å²) in [6.45, 7) is 0. The molecule has 18 heavy (non-hydrogen) atoms. The minimum atomic E-state index is -3.43. The van der Waals surface area contributed by atoms with Crippen molar-refractivity contribution >= 4 is 15.7 Å². The Labute approximate surface area is 105 Å². The fourth-order valence-electron chi connectivity index (χ4n) is 2.12. The predicted molar refractivity (Wildman–Crippen MR) is 65.9 cm³/mol. The Hall–Kier alpha value is -1.61. The Kier molecular flexibility index (Phi) is 3.53. The third-order valence-electron chi connectivity index (χ3n) is 3.09. The minimum Gasteiger partial charge on any atom is -0.283 e. The third kappa shape index (κ3) is 2.62. The Morgan fingerprint density at radius 3 is 2.61 bits per heavy atom. The van der Waals surface area contributed by atoms with Crippen molar-refractivity contribution in [3.8, 4) is 6.07 Å². The quantitative estimate of drug-likeness (QED) is 0.915. The lowest BCUT2D eigenvalue weighted by atomic mass is 10.2. The van der Waals surface area contributed by atoms with Gasteiger partial charge >= 0.3 is 0 Å². The van der Waals surface area contributed by atoms with Gasteiger partial charge in [0, 0.05) is 5.69 Å². The molecule has 1 aromatic rings. The van der Waals surface area contributed by atoms with Crippen LogP contribution in [0.1, 0.15) is 31.2 Å². The fourth-order valence-corrected chi connectivity index (χ4v) is 3.70. The molecule has 1 aromatic carbocycles. The zero-order chi connectivity index (χ0) is 13.2. The lowest BCUT2D eigenvalue weighted by Gasteiger charge is -2.13. The first-order valence-electron chi connectivity index (χ1n) is 5.74. The monoisotopic (exact) mass is 268 g/mol. The van der Waals surface area contributed by atoms with E-state index in [9.17, 15) is 12.8 Å². The highest BCUT2D eigenvalue weighted by atomic mass is 32.2. The van der Waals surface area contributed by atoms with Crippen LogP contribution in [0.5, 0.6) is 0 Å². The number of nitrogens with one attached hydrogen (secondary N) is 1. The van der Waals surface area contributed by atoms with Crippen molar-refractivity contribution < 1.29 is 12.8 Å². The number of halogens is 1. The third-order valence-corrected chi connectivity index (χ3v) is 4.96. The topological polar surface area (TPSA) is 70.0 Å². The minimum absolute atomic E-state index is 0.165. The van der Waals surface area contributed by atoms with Gasteiger partial charge in [-0.3, -0.25) is 4.72 Å².